The van der Waals surface area contributed by atoms with Gasteiger partial charge in [-0.3, -0.25) is 18.4 Å². The second-order valence-corrected chi connectivity index (χ2v) is 10.3. The smallest absolute Gasteiger partial charge is 0.406 e. The monoisotopic (exact) mass is 549 g/mol. The van der Waals surface area contributed by atoms with Crippen LogP contribution in [0.4, 0.5) is 5.82 Å². The molecule has 1 aliphatic heterocycles. The summed E-state index contributed by atoms with van der Waals surface area (Å²) in [5.74, 6) is -1.34. The number of aliphatic hydroxyl groups excluding tert-OH is 2. The van der Waals surface area contributed by atoms with Gasteiger partial charge in [0.15, 0.2) is 6.23 Å². The fraction of sp³-hybridized carbons (Fsp3) is 0.348. The first-order valence-corrected chi connectivity index (χ1v) is 13.1. The van der Waals surface area contributed by atoms with Crippen LogP contribution in [-0.2, 0) is 29.6 Å². The molecule has 0 aliphatic carbocycles. The normalized spacial score (nSPS) is 23.7. The number of rotatable bonds is 12. The average molecular weight is 549 g/mol. The topological polar surface area (TPSA) is 211 Å². The molecule has 6 atom stereocenters. The van der Waals surface area contributed by atoms with Crippen LogP contribution < -0.4 is 16.5 Å². The number of benzene rings is 1. The third-order valence-electron chi connectivity index (χ3n) is 5.94. The minimum absolute atomic E-state index is 0.0360. The Hall–Kier alpha value is -3.36. The zero-order valence-corrected chi connectivity index (χ0v) is 20.9. The highest BCUT2D eigenvalue weighted by molar-refractivity contribution is 7.51. The zero-order chi connectivity index (χ0) is 27.4. The number of para-hydroxylation sites is 1. The molecule has 38 heavy (non-hydrogen) atoms. The fourth-order valence-electron chi connectivity index (χ4n) is 4.05. The van der Waals surface area contributed by atoms with E-state index in [4.69, 9.17) is 19.5 Å². The van der Waals surface area contributed by atoms with Crippen molar-refractivity contribution in [2.45, 2.75) is 37.0 Å². The summed E-state index contributed by atoms with van der Waals surface area (Å²) in [4.78, 5) is 30.8. The molecular weight excluding hydrogens is 521 g/mol. The number of carbonyl (C=O) groups is 1. The third kappa shape index (κ3) is 6.03. The molecule has 3 aromatic rings. The van der Waals surface area contributed by atoms with Gasteiger partial charge < -0.3 is 30.8 Å². The Balaban J connectivity index is 1.48. The second kappa shape index (κ2) is 11.6. The molecule has 0 saturated carbocycles. The third-order valence-corrected chi connectivity index (χ3v) is 7.55. The number of carboxylic acids is 1. The molecule has 3 heterocycles. The number of aromatic nitrogens is 3. The van der Waals surface area contributed by atoms with E-state index >= 15 is 0 Å². The van der Waals surface area contributed by atoms with E-state index in [-0.39, 0.29) is 18.8 Å². The van der Waals surface area contributed by atoms with E-state index in [2.05, 4.69) is 21.6 Å². The average Bonchev–Trinajstić information content (AvgIpc) is 3.42. The van der Waals surface area contributed by atoms with Crippen molar-refractivity contribution >= 4 is 30.4 Å². The van der Waals surface area contributed by atoms with Gasteiger partial charge in [-0.15, -0.1) is 6.58 Å². The van der Waals surface area contributed by atoms with Gasteiger partial charge in [0.05, 0.1) is 13.2 Å². The first-order chi connectivity index (χ1) is 18.1. The first-order valence-electron chi connectivity index (χ1n) is 11.5. The molecule has 1 fully saturated rings. The Labute approximate surface area is 216 Å². The lowest BCUT2D eigenvalue weighted by molar-refractivity contribution is -0.139. The molecule has 1 aromatic carbocycles. The van der Waals surface area contributed by atoms with Crippen molar-refractivity contribution in [2.75, 3.05) is 18.9 Å². The van der Waals surface area contributed by atoms with E-state index in [9.17, 15) is 29.5 Å². The number of aliphatic hydroxyl groups is 2. The number of anilines is 1. The summed E-state index contributed by atoms with van der Waals surface area (Å²) in [5.41, 5.74) is 6.14. The maximum atomic E-state index is 13.5. The van der Waals surface area contributed by atoms with Crippen LogP contribution in [0.25, 0.3) is 10.9 Å². The molecule has 15 heteroatoms. The maximum absolute atomic E-state index is 13.5. The van der Waals surface area contributed by atoms with Gasteiger partial charge in [-0.1, -0.05) is 24.3 Å². The lowest BCUT2D eigenvalue weighted by atomic mass is 10.1. The van der Waals surface area contributed by atoms with E-state index < -0.39 is 56.6 Å². The summed E-state index contributed by atoms with van der Waals surface area (Å²) in [5, 5.41) is 34.0. The molecule has 7 N–H and O–H groups in total. The predicted molar refractivity (Wildman–Crippen MR) is 135 cm³/mol. The van der Waals surface area contributed by atoms with E-state index in [1.54, 1.807) is 6.20 Å². The van der Waals surface area contributed by atoms with Gasteiger partial charge in [0, 0.05) is 29.7 Å². The molecule has 1 aliphatic rings. The molecular formula is C23H28N5O9P. The number of aliphatic carboxylic acids is 1. The number of fused-ring (bicyclic) bond motifs is 1. The molecule has 0 spiro atoms. The summed E-state index contributed by atoms with van der Waals surface area (Å²) in [6.45, 7) is 2.68. The van der Waals surface area contributed by atoms with Gasteiger partial charge in [-0.2, -0.15) is 4.98 Å². The molecule has 1 unspecified atom stereocenters. The van der Waals surface area contributed by atoms with Crippen LogP contribution in [-0.4, -0.2) is 73.4 Å². The fourth-order valence-corrected chi connectivity index (χ4v) is 5.50. The minimum Gasteiger partial charge on any atom is -0.480 e. The Kier molecular flexibility index (Phi) is 8.43. The molecule has 0 bridgehead atoms. The van der Waals surface area contributed by atoms with Gasteiger partial charge in [0.2, 0.25) is 0 Å². The zero-order valence-electron chi connectivity index (χ0n) is 20.0. The number of ether oxygens (including phenoxy) is 1. The van der Waals surface area contributed by atoms with E-state index in [1.165, 1.54) is 18.3 Å². The van der Waals surface area contributed by atoms with Crippen LogP contribution in [0.3, 0.4) is 0 Å². The molecule has 4 rings (SSSR count). The van der Waals surface area contributed by atoms with Crippen molar-refractivity contribution in [1.29, 1.82) is 0 Å². The standard InChI is InChI=1S/C23H28N5O9P/c1-2-9-35-38(34,27-16(22(31)32)10-13-11-25-15-6-4-3-5-14(13)15)36-12-17-19(29)20(30)21(37-17)28-8-7-18(24)26-23(28)33/h2-8,11,16-17,19-21,25,29-30H,1,9-10,12H2,(H,27,34)(H,31,32)(H2,24,26,33)/t16-,17+,19+,20+,21+,38?/m0/s1. The Bertz CT molecular complexity index is 1410. The summed E-state index contributed by atoms with van der Waals surface area (Å²) in [6.07, 6.45) is -1.52. The van der Waals surface area contributed by atoms with Crippen LogP contribution >= 0.6 is 7.75 Å². The van der Waals surface area contributed by atoms with Crippen LogP contribution in [0.15, 0.2) is 60.2 Å². The number of H-pyrrole nitrogens is 1. The number of hydrogen-bond acceptors (Lipinski definition) is 10. The van der Waals surface area contributed by atoms with Gasteiger partial charge in [-0.25, -0.2) is 14.4 Å². The lowest BCUT2D eigenvalue weighted by Crippen LogP contribution is -2.39. The highest BCUT2D eigenvalue weighted by Crippen LogP contribution is 2.45. The van der Waals surface area contributed by atoms with E-state index in [0.29, 0.717) is 5.56 Å². The number of nitrogens with one attached hydrogen (secondary N) is 2. The van der Waals surface area contributed by atoms with E-state index in [1.807, 2.05) is 24.3 Å². The van der Waals surface area contributed by atoms with Crippen LogP contribution in [0.2, 0.25) is 0 Å². The van der Waals surface area contributed by atoms with Crippen molar-refractivity contribution < 1.29 is 38.5 Å². The SMILES string of the molecule is C=CCOP(=O)(N[C@@H](Cc1c[nH]c2ccccc12)C(=O)O)OC[C@H]1O[C@@H](n2ccc(N)nc2=O)[C@H](O)[C@@H]1O. The van der Waals surface area contributed by atoms with Crippen LogP contribution in [0, 0.1) is 0 Å². The molecule has 0 amide bonds. The van der Waals surface area contributed by atoms with Crippen molar-refractivity contribution in [2.24, 2.45) is 0 Å². The number of nitrogen functional groups attached to an aromatic ring is 1. The molecule has 0 radical (unpaired) electrons. The quantitative estimate of drug-likeness (QED) is 0.135. The lowest BCUT2D eigenvalue weighted by Gasteiger charge is -2.24. The van der Waals surface area contributed by atoms with Crippen molar-refractivity contribution in [3.8, 4) is 0 Å². The molecule has 14 nitrogen and oxygen atoms in total. The predicted octanol–water partition coefficient (Wildman–Crippen LogP) is 0.539. The number of carboxylic acid groups (broad SMARTS) is 1. The minimum atomic E-state index is -4.31. The van der Waals surface area contributed by atoms with Crippen LogP contribution in [0.1, 0.15) is 11.8 Å². The number of nitrogens with zero attached hydrogens (tertiary/aromatic N) is 2. The number of nitrogens with two attached hydrogens (primary N) is 1. The largest absolute Gasteiger partial charge is 0.480 e. The van der Waals surface area contributed by atoms with Crippen molar-refractivity contribution in [3.63, 3.8) is 0 Å². The summed E-state index contributed by atoms with van der Waals surface area (Å²) < 4.78 is 30.8. The highest BCUT2D eigenvalue weighted by Gasteiger charge is 2.45. The van der Waals surface area contributed by atoms with Gasteiger partial charge in [0.25, 0.3) is 0 Å². The summed E-state index contributed by atoms with van der Waals surface area (Å²) >= 11 is 0. The summed E-state index contributed by atoms with van der Waals surface area (Å²) in [6, 6.07) is 7.25. The van der Waals surface area contributed by atoms with Gasteiger partial charge in [-0.05, 0) is 17.7 Å². The summed E-state index contributed by atoms with van der Waals surface area (Å²) in [7, 11) is -4.31. The van der Waals surface area contributed by atoms with E-state index in [0.717, 1.165) is 15.5 Å². The Morgan fingerprint density at radius 1 is 1.32 bits per heavy atom. The molecule has 1 saturated heterocycles. The molecule has 2 aromatic heterocycles. The Morgan fingerprint density at radius 2 is 2.08 bits per heavy atom. The van der Waals surface area contributed by atoms with Crippen LogP contribution in [0.5, 0.6) is 0 Å². The van der Waals surface area contributed by atoms with Gasteiger partial charge >= 0.3 is 19.4 Å². The van der Waals surface area contributed by atoms with Crippen molar-refractivity contribution in [1.82, 2.24) is 19.6 Å². The highest BCUT2D eigenvalue weighted by atomic mass is 31.2. The number of hydrogen-bond donors (Lipinski definition) is 6. The molecule has 204 valence electrons. The second-order valence-electron chi connectivity index (χ2n) is 8.55. The van der Waals surface area contributed by atoms with Crippen molar-refractivity contribution in [3.05, 3.63) is 71.4 Å². The maximum Gasteiger partial charge on any atom is 0.406 e. The first kappa shape index (κ1) is 27.7. The Morgan fingerprint density at radius 3 is 2.79 bits per heavy atom. The number of aromatic amines is 1. The van der Waals surface area contributed by atoms with Gasteiger partial charge in [0.1, 0.15) is 30.2 Å².